The molecule has 0 radical (unpaired) electrons. The highest BCUT2D eigenvalue weighted by Crippen LogP contribution is 2.36. The molecule has 1 amide bonds. The summed E-state index contributed by atoms with van der Waals surface area (Å²) in [5, 5.41) is 18.3. The molecule has 0 spiro atoms. The van der Waals surface area contributed by atoms with E-state index < -0.39 is 0 Å². The average Bonchev–Trinajstić information content (AvgIpc) is 3.62. The highest BCUT2D eigenvalue weighted by Gasteiger charge is 2.34. The predicted octanol–water partition coefficient (Wildman–Crippen LogP) is 5.74. The predicted molar refractivity (Wildman–Crippen MR) is 131 cm³/mol. The van der Waals surface area contributed by atoms with Crippen LogP contribution in [0.4, 0.5) is 0 Å². The first-order chi connectivity index (χ1) is 16.1. The number of aromatic nitrogens is 3. The van der Waals surface area contributed by atoms with Crippen LogP contribution in [0.3, 0.4) is 0 Å². The van der Waals surface area contributed by atoms with E-state index in [1.165, 1.54) is 11.8 Å². The zero-order chi connectivity index (χ0) is 22.8. The van der Waals surface area contributed by atoms with Gasteiger partial charge in [-0.2, -0.15) is 5.10 Å². The SMILES string of the molecule is CCn1c(SCC(=O)N2N=C(c3ccco3)CC2c2cccs2)nnc1-c1ccc(Cl)cc1. The van der Waals surface area contributed by atoms with Crippen LogP contribution in [0.15, 0.2) is 74.8 Å². The van der Waals surface area contributed by atoms with Gasteiger partial charge in [-0.15, -0.1) is 21.5 Å². The minimum absolute atomic E-state index is 0.0846. The number of furan rings is 1. The number of carbonyl (C=O) groups is 1. The van der Waals surface area contributed by atoms with Crippen molar-refractivity contribution in [3.05, 3.63) is 75.8 Å². The molecule has 0 saturated carbocycles. The first-order valence-electron chi connectivity index (χ1n) is 10.4. The third kappa shape index (κ3) is 4.48. The van der Waals surface area contributed by atoms with E-state index in [2.05, 4.69) is 15.3 Å². The monoisotopic (exact) mass is 497 g/mol. The Morgan fingerprint density at radius 1 is 1.21 bits per heavy atom. The fourth-order valence-electron chi connectivity index (χ4n) is 3.72. The van der Waals surface area contributed by atoms with Gasteiger partial charge in [0, 0.05) is 28.4 Å². The molecule has 1 aliphatic heterocycles. The Labute approximate surface area is 204 Å². The summed E-state index contributed by atoms with van der Waals surface area (Å²) in [6.07, 6.45) is 2.24. The number of rotatable bonds is 7. The maximum atomic E-state index is 13.3. The van der Waals surface area contributed by atoms with E-state index in [4.69, 9.17) is 16.0 Å². The number of benzene rings is 1. The van der Waals surface area contributed by atoms with E-state index >= 15 is 0 Å². The number of hydrogen-bond acceptors (Lipinski definition) is 7. The normalized spacial score (nSPS) is 15.8. The lowest BCUT2D eigenvalue weighted by molar-refractivity contribution is -0.130. The first kappa shape index (κ1) is 21.9. The van der Waals surface area contributed by atoms with Crippen LogP contribution in [0, 0.1) is 0 Å². The Balaban J connectivity index is 1.35. The number of thiophene rings is 1. The minimum Gasteiger partial charge on any atom is -0.463 e. The molecular weight excluding hydrogens is 478 g/mol. The molecule has 0 fully saturated rings. The zero-order valence-electron chi connectivity index (χ0n) is 17.7. The first-order valence-corrected chi connectivity index (χ1v) is 12.7. The van der Waals surface area contributed by atoms with Gasteiger partial charge in [-0.05, 0) is 54.8 Å². The number of thioether (sulfide) groups is 1. The van der Waals surface area contributed by atoms with E-state index in [1.807, 2.05) is 65.4 Å². The van der Waals surface area contributed by atoms with Gasteiger partial charge in [-0.25, -0.2) is 5.01 Å². The summed E-state index contributed by atoms with van der Waals surface area (Å²) in [6.45, 7) is 2.71. The lowest BCUT2D eigenvalue weighted by atomic mass is 10.1. The van der Waals surface area contributed by atoms with Gasteiger partial charge in [0.15, 0.2) is 11.0 Å². The third-order valence-corrected chi connectivity index (χ3v) is 7.48. The quantitative estimate of drug-likeness (QED) is 0.304. The molecular formula is C23H20ClN5O2S2. The van der Waals surface area contributed by atoms with Crippen LogP contribution < -0.4 is 0 Å². The maximum Gasteiger partial charge on any atom is 0.253 e. The van der Waals surface area contributed by atoms with E-state index in [0.29, 0.717) is 28.9 Å². The minimum atomic E-state index is -0.133. The molecule has 1 aliphatic rings. The molecule has 1 aromatic carbocycles. The van der Waals surface area contributed by atoms with Crippen molar-refractivity contribution in [3.8, 4) is 11.4 Å². The number of halogens is 1. The van der Waals surface area contributed by atoms with Crippen molar-refractivity contribution in [2.75, 3.05) is 5.75 Å². The average molecular weight is 498 g/mol. The Morgan fingerprint density at radius 2 is 2.06 bits per heavy atom. The van der Waals surface area contributed by atoms with Crippen LogP contribution >= 0.6 is 34.7 Å². The van der Waals surface area contributed by atoms with Crippen molar-refractivity contribution in [2.24, 2.45) is 5.10 Å². The lowest BCUT2D eigenvalue weighted by Gasteiger charge is -2.20. The van der Waals surface area contributed by atoms with Gasteiger partial charge in [-0.1, -0.05) is 29.4 Å². The number of amides is 1. The maximum absolute atomic E-state index is 13.3. The second-order valence-corrected chi connectivity index (χ2v) is 9.70. The Bertz CT molecular complexity index is 1270. The van der Waals surface area contributed by atoms with Crippen LogP contribution in [-0.4, -0.2) is 37.1 Å². The Morgan fingerprint density at radius 3 is 2.76 bits per heavy atom. The molecule has 3 aromatic heterocycles. The van der Waals surface area contributed by atoms with Crippen molar-refractivity contribution < 1.29 is 9.21 Å². The van der Waals surface area contributed by atoms with Crippen molar-refractivity contribution >= 4 is 46.3 Å². The number of hydrazone groups is 1. The Kier molecular flexibility index (Phi) is 6.34. The molecule has 4 aromatic rings. The molecule has 1 unspecified atom stereocenters. The summed E-state index contributed by atoms with van der Waals surface area (Å²) in [6, 6.07) is 15.1. The number of hydrogen-bond donors (Lipinski definition) is 0. The fourth-order valence-corrected chi connectivity index (χ4v) is 5.51. The van der Waals surface area contributed by atoms with Crippen molar-refractivity contribution in [3.63, 3.8) is 0 Å². The van der Waals surface area contributed by atoms with Crippen molar-refractivity contribution in [1.82, 2.24) is 19.8 Å². The fraction of sp³-hybridized carbons (Fsp3) is 0.217. The molecule has 0 aliphatic carbocycles. The van der Waals surface area contributed by atoms with Crippen LogP contribution in [0.25, 0.3) is 11.4 Å². The summed E-state index contributed by atoms with van der Waals surface area (Å²) in [5.41, 5.74) is 1.70. The standard InChI is InChI=1S/C23H20ClN5O2S2/c1-2-28-22(15-7-9-16(24)10-8-15)25-26-23(28)33-14-21(30)29-18(20-6-4-12-32-20)13-17(27-29)19-5-3-11-31-19/h3-12,18H,2,13-14H2,1H3. The summed E-state index contributed by atoms with van der Waals surface area (Å²) in [7, 11) is 0. The Hall–Kier alpha value is -2.88. The molecule has 0 bridgehead atoms. The molecule has 0 N–H and O–H groups in total. The lowest BCUT2D eigenvalue weighted by Crippen LogP contribution is -2.28. The third-order valence-electron chi connectivity index (χ3n) is 5.30. The summed E-state index contributed by atoms with van der Waals surface area (Å²) >= 11 is 9.00. The molecule has 7 nitrogen and oxygen atoms in total. The molecule has 33 heavy (non-hydrogen) atoms. The van der Waals surface area contributed by atoms with E-state index in [0.717, 1.165) is 22.0 Å². The highest BCUT2D eigenvalue weighted by molar-refractivity contribution is 7.99. The molecule has 4 heterocycles. The summed E-state index contributed by atoms with van der Waals surface area (Å²) in [4.78, 5) is 14.4. The molecule has 5 rings (SSSR count). The van der Waals surface area contributed by atoms with E-state index in [-0.39, 0.29) is 17.7 Å². The van der Waals surface area contributed by atoms with Crippen LogP contribution in [0.5, 0.6) is 0 Å². The van der Waals surface area contributed by atoms with Crippen molar-refractivity contribution in [2.45, 2.75) is 31.1 Å². The van der Waals surface area contributed by atoms with Gasteiger partial charge >= 0.3 is 0 Å². The molecule has 1 atom stereocenters. The van der Waals surface area contributed by atoms with Crippen LogP contribution in [-0.2, 0) is 11.3 Å². The topological polar surface area (TPSA) is 76.5 Å². The molecule has 168 valence electrons. The van der Waals surface area contributed by atoms with Gasteiger partial charge < -0.3 is 8.98 Å². The van der Waals surface area contributed by atoms with Gasteiger partial charge in [0.05, 0.1) is 18.1 Å². The van der Waals surface area contributed by atoms with Gasteiger partial charge in [-0.3, -0.25) is 4.79 Å². The summed E-state index contributed by atoms with van der Waals surface area (Å²) < 4.78 is 7.52. The largest absolute Gasteiger partial charge is 0.463 e. The second kappa shape index (κ2) is 9.54. The van der Waals surface area contributed by atoms with Gasteiger partial charge in [0.25, 0.3) is 5.91 Å². The zero-order valence-corrected chi connectivity index (χ0v) is 20.1. The van der Waals surface area contributed by atoms with Gasteiger partial charge in [0.2, 0.25) is 0 Å². The van der Waals surface area contributed by atoms with E-state index in [1.54, 1.807) is 22.6 Å². The van der Waals surface area contributed by atoms with Crippen LogP contribution in [0.1, 0.15) is 30.0 Å². The van der Waals surface area contributed by atoms with Crippen molar-refractivity contribution in [1.29, 1.82) is 0 Å². The highest BCUT2D eigenvalue weighted by atomic mass is 35.5. The molecule has 10 heteroatoms. The summed E-state index contributed by atoms with van der Waals surface area (Å²) in [5.74, 6) is 1.56. The smallest absolute Gasteiger partial charge is 0.253 e. The number of nitrogens with zero attached hydrogens (tertiary/aromatic N) is 5. The number of carbonyl (C=O) groups excluding carboxylic acids is 1. The second-order valence-electron chi connectivity index (χ2n) is 7.34. The molecule has 0 saturated heterocycles. The van der Waals surface area contributed by atoms with E-state index in [9.17, 15) is 4.79 Å². The van der Waals surface area contributed by atoms with Crippen LogP contribution in [0.2, 0.25) is 5.02 Å². The van der Waals surface area contributed by atoms with Gasteiger partial charge in [0.1, 0.15) is 11.5 Å².